The highest BCUT2D eigenvalue weighted by molar-refractivity contribution is 7.99. The first-order valence-corrected chi connectivity index (χ1v) is 7.73. The van der Waals surface area contributed by atoms with E-state index in [9.17, 15) is 9.18 Å². The molecule has 1 amide bonds. The average Bonchev–Trinajstić information content (AvgIpc) is 2.92. The van der Waals surface area contributed by atoms with Gasteiger partial charge in [0.25, 0.3) is 0 Å². The lowest BCUT2D eigenvalue weighted by Crippen LogP contribution is -2.14. The molecule has 6 heteroatoms. The molecule has 3 rings (SSSR count). The number of benzene rings is 1. The number of nitrogens with zero attached hydrogens (tertiary/aromatic N) is 2. The predicted molar refractivity (Wildman–Crippen MR) is 85.7 cm³/mol. The normalized spacial score (nSPS) is 10.8. The predicted octanol–water partition coefficient (Wildman–Crippen LogP) is 3.51. The molecule has 4 nitrogen and oxygen atoms in total. The van der Waals surface area contributed by atoms with E-state index in [0.29, 0.717) is 11.3 Å². The zero-order valence-electron chi connectivity index (χ0n) is 11.9. The number of pyridine rings is 1. The van der Waals surface area contributed by atoms with E-state index in [2.05, 4.69) is 10.3 Å². The Bertz CT molecular complexity index is 831. The minimum Gasteiger partial charge on any atom is -0.325 e. The molecular formula is C16H14FN3OS. The number of halogens is 1. The molecule has 0 unspecified atom stereocenters. The monoisotopic (exact) mass is 315 g/mol. The smallest absolute Gasteiger partial charge is 0.234 e. The van der Waals surface area contributed by atoms with E-state index in [1.807, 2.05) is 28.8 Å². The summed E-state index contributed by atoms with van der Waals surface area (Å²) in [5.41, 5.74) is 1.99. The molecule has 1 N–H and O–H groups in total. The average molecular weight is 315 g/mol. The highest BCUT2D eigenvalue weighted by Gasteiger charge is 2.08. The summed E-state index contributed by atoms with van der Waals surface area (Å²) in [5.74, 6) is -0.311. The third kappa shape index (κ3) is 3.12. The summed E-state index contributed by atoms with van der Waals surface area (Å²) in [5, 5.41) is 3.43. The van der Waals surface area contributed by atoms with Gasteiger partial charge >= 0.3 is 0 Å². The van der Waals surface area contributed by atoms with Gasteiger partial charge in [-0.05, 0) is 36.8 Å². The Morgan fingerprint density at radius 1 is 1.36 bits per heavy atom. The number of anilines is 1. The number of hydrogen-bond donors (Lipinski definition) is 1. The van der Waals surface area contributed by atoms with Crippen molar-refractivity contribution in [1.29, 1.82) is 0 Å². The second-order valence-electron chi connectivity index (χ2n) is 4.84. The molecule has 0 saturated carbocycles. The van der Waals surface area contributed by atoms with Crippen LogP contribution in [0.15, 0.2) is 53.9 Å². The maximum Gasteiger partial charge on any atom is 0.234 e. The van der Waals surface area contributed by atoms with E-state index < -0.39 is 0 Å². The van der Waals surface area contributed by atoms with Crippen LogP contribution in [0.5, 0.6) is 0 Å². The van der Waals surface area contributed by atoms with Crippen LogP contribution in [0.4, 0.5) is 10.1 Å². The third-order valence-electron chi connectivity index (χ3n) is 3.19. The molecular weight excluding hydrogens is 301 g/mol. The molecule has 112 valence electrons. The highest BCUT2D eigenvalue weighted by Crippen LogP contribution is 2.19. The Labute approximate surface area is 131 Å². The number of fused-ring (bicyclic) bond motifs is 1. The van der Waals surface area contributed by atoms with Crippen molar-refractivity contribution in [3.05, 3.63) is 60.2 Å². The van der Waals surface area contributed by atoms with E-state index in [4.69, 9.17) is 0 Å². The topological polar surface area (TPSA) is 46.4 Å². The van der Waals surface area contributed by atoms with E-state index in [-0.39, 0.29) is 17.5 Å². The Kier molecular flexibility index (Phi) is 4.11. The van der Waals surface area contributed by atoms with Crippen molar-refractivity contribution < 1.29 is 9.18 Å². The van der Waals surface area contributed by atoms with Gasteiger partial charge in [0.2, 0.25) is 5.91 Å². The summed E-state index contributed by atoms with van der Waals surface area (Å²) in [4.78, 5) is 16.2. The summed E-state index contributed by atoms with van der Waals surface area (Å²) in [6.45, 7) is 1.68. The largest absolute Gasteiger partial charge is 0.325 e. The second kappa shape index (κ2) is 6.19. The van der Waals surface area contributed by atoms with Gasteiger partial charge in [-0.15, -0.1) is 0 Å². The van der Waals surface area contributed by atoms with Gasteiger partial charge < -0.3 is 5.32 Å². The van der Waals surface area contributed by atoms with Gasteiger partial charge in [0.05, 0.1) is 17.5 Å². The molecule has 2 heterocycles. The fraction of sp³-hybridized carbons (Fsp3) is 0.125. The standard InChI is InChI=1S/C16H14FN3OS/c1-11-5-6-12(8-14(11)17)19-15(21)10-22-16-18-9-13-4-2-3-7-20(13)16/h2-9H,10H2,1H3,(H,19,21). The van der Waals surface area contributed by atoms with Crippen molar-refractivity contribution in [3.63, 3.8) is 0 Å². The quantitative estimate of drug-likeness (QED) is 0.749. The summed E-state index contributed by atoms with van der Waals surface area (Å²) >= 11 is 1.34. The van der Waals surface area contributed by atoms with Crippen LogP contribution in [0, 0.1) is 12.7 Å². The van der Waals surface area contributed by atoms with Crippen LogP contribution in [0.2, 0.25) is 0 Å². The van der Waals surface area contributed by atoms with Gasteiger partial charge in [0, 0.05) is 11.9 Å². The fourth-order valence-corrected chi connectivity index (χ4v) is 2.79. The summed E-state index contributed by atoms with van der Waals surface area (Å²) < 4.78 is 15.4. The zero-order valence-corrected chi connectivity index (χ0v) is 12.7. The van der Waals surface area contributed by atoms with Crippen LogP contribution < -0.4 is 5.32 Å². The lowest BCUT2D eigenvalue weighted by atomic mass is 10.2. The first-order chi connectivity index (χ1) is 10.6. The maximum absolute atomic E-state index is 13.4. The lowest BCUT2D eigenvalue weighted by Gasteiger charge is -2.06. The number of carbonyl (C=O) groups is 1. The van der Waals surface area contributed by atoms with Gasteiger partial charge in [-0.25, -0.2) is 9.37 Å². The van der Waals surface area contributed by atoms with E-state index >= 15 is 0 Å². The number of rotatable bonds is 4. The van der Waals surface area contributed by atoms with Gasteiger partial charge in [-0.1, -0.05) is 23.9 Å². The van der Waals surface area contributed by atoms with Crippen LogP contribution in [0.1, 0.15) is 5.56 Å². The molecule has 0 radical (unpaired) electrons. The van der Waals surface area contributed by atoms with Crippen molar-refractivity contribution in [1.82, 2.24) is 9.38 Å². The molecule has 0 spiro atoms. The molecule has 0 bridgehead atoms. The molecule has 2 aromatic heterocycles. The van der Waals surface area contributed by atoms with Crippen molar-refractivity contribution >= 4 is 28.9 Å². The van der Waals surface area contributed by atoms with Gasteiger partial charge in [-0.3, -0.25) is 9.20 Å². The SMILES string of the molecule is Cc1ccc(NC(=O)CSc2ncc3ccccn23)cc1F. The molecule has 0 fully saturated rings. The van der Waals surface area contributed by atoms with Crippen molar-refractivity contribution in [3.8, 4) is 0 Å². The van der Waals surface area contributed by atoms with Crippen LogP contribution in [-0.2, 0) is 4.79 Å². The van der Waals surface area contributed by atoms with Crippen LogP contribution in [0.25, 0.3) is 5.52 Å². The van der Waals surface area contributed by atoms with E-state index in [0.717, 1.165) is 10.7 Å². The second-order valence-corrected chi connectivity index (χ2v) is 5.78. The number of imidazole rings is 1. The minimum atomic E-state index is -0.329. The highest BCUT2D eigenvalue weighted by atomic mass is 32.2. The van der Waals surface area contributed by atoms with Crippen LogP contribution >= 0.6 is 11.8 Å². The number of thioether (sulfide) groups is 1. The van der Waals surface area contributed by atoms with E-state index in [1.165, 1.54) is 17.8 Å². The summed E-state index contributed by atoms with van der Waals surface area (Å²) in [7, 11) is 0. The van der Waals surface area contributed by atoms with Gasteiger partial charge in [0.15, 0.2) is 5.16 Å². The molecule has 1 aromatic carbocycles. The molecule has 22 heavy (non-hydrogen) atoms. The fourth-order valence-electron chi connectivity index (χ4n) is 2.02. The van der Waals surface area contributed by atoms with Crippen molar-refractivity contribution in [2.24, 2.45) is 0 Å². The Morgan fingerprint density at radius 2 is 2.23 bits per heavy atom. The first kappa shape index (κ1) is 14.6. The molecule has 0 aliphatic heterocycles. The Morgan fingerprint density at radius 3 is 3.05 bits per heavy atom. The Hall–Kier alpha value is -2.34. The molecule has 0 aliphatic carbocycles. The number of amides is 1. The van der Waals surface area contributed by atoms with Gasteiger partial charge in [-0.2, -0.15) is 0 Å². The maximum atomic E-state index is 13.4. The molecule has 0 aliphatic rings. The summed E-state index contributed by atoms with van der Waals surface area (Å²) in [6.07, 6.45) is 3.66. The molecule has 3 aromatic rings. The van der Waals surface area contributed by atoms with Crippen LogP contribution in [-0.4, -0.2) is 21.0 Å². The first-order valence-electron chi connectivity index (χ1n) is 6.74. The lowest BCUT2D eigenvalue weighted by molar-refractivity contribution is -0.113. The summed E-state index contributed by atoms with van der Waals surface area (Å²) in [6, 6.07) is 10.4. The Balaban J connectivity index is 1.63. The third-order valence-corrected chi connectivity index (χ3v) is 4.16. The number of aromatic nitrogens is 2. The van der Waals surface area contributed by atoms with Crippen LogP contribution in [0.3, 0.4) is 0 Å². The minimum absolute atomic E-state index is 0.194. The van der Waals surface area contributed by atoms with Crippen molar-refractivity contribution in [2.75, 3.05) is 11.1 Å². The zero-order chi connectivity index (χ0) is 15.5. The number of hydrogen-bond acceptors (Lipinski definition) is 3. The molecule has 0 saturated heterocycles. The van der Waals surface area contributed by atoms with Crippen molar-refractivity contribution in [2.45, 2.75) is 12.1 Å². The number of aryl methyl sites for hydroxylation is 1. The number of nitrogens with one attached hydrogen (secondary N) is 1. The van der Waals surface area contributed by atoms with E-state index in [1.54, 1.807) is 25.3 Å². The molecule has 0 atom stereocenters. The van der Waals surface area contributed by atoms with Gasteiger partial charge in [0.1, 0.15) is 5.82 Å². The number of carbonyl (C=O) groups excluding carboxylic acids is 1.